The first-order valence-electron chi connectivity index (χ1n) is 7.08. The molecule has 0 aliphatic heterocycles. The molecule has 0 aliphatic rings. The number of benzene rings is 1. The summed E-state index contributed by atoms with van der Waals surface area (Å²) >= 11 is 0. The van der Waals surface area contributed by atoms with Gasteiger partial charge >= 0.3 is 0 Å². The summed E-state index contributed by atoms with van der Waals surface area (Å²) in [6.07, 6.45) is 3.51. The van der Waals surface area contributed by atoms with Crippen LogP contribution in [0.15, 0.2) is 18.2 Å². The fraction of sp³-hybridized carbons (Fsp3) is 0.533. The van der Waals surface area contributed by atoms with Crippen molar-refractivity contribution in [3.8, 4) is 5.75 Å². The minimum absolute atomic E-state index is 0.363. The van der Waals surface area contributed by atoms with Crippen molar-refractivity contribution < 1.29 is 4.74 Å². The molecule has 0 saturated heterocycles. The first-order valence-corrected chi connectivity index (χ1v) is 7.08. The van der Waals surface area contributed by atoms with E-state index < -0.39 is 0 Å². The number of nitrogens with two attached hydrogens (primary N) is 1. The van der Waals surface area contributed by atoms with Gasteiger partial charge in [-0.05, 0) is 32.4 Å². The second-order valence-corrected chi connectivity index (χ2v) is 4.89. The molecule has 2 rings (SSSR count). The van der Waals surface area contributed by atoms with Gasteiger partial charge in [0, 0.05) is 6.04 Å². The van der Waals surface area contributed by atoms with Gasteiger partial charge in [0.25, 0.3) is 0 Å². The molecule has 1 heterocycles. The number of rotatable bonds is 6. The highest BCUT2D eigenvalue weighted by Crippen LogP contribution is 2.31. The van der Waals surface area contributed by atoms with E-state index in [0.29, 0.717) is 18.6 Å². The van der Waals surface area contributed by atoms with Gasteiger partial charge in [-0.25, -0.2) is 4.98 Å². The zero-order chi connectivity index (χ0) is 13.8. The summed E-state index contributed by atoms with van der Waals surface area (Å²) in [5.41, 5.74) is 8.02. The number of hydrogen-bond acceptors (Lipinski definition) is 3. The normalized spacial score (nSPS) is 12.8. The van der Waals surface area contributed by atoms with Gasteiger partial charge < -0.3 is 15.0 Å². The Morgan fingerprint density at radius 1 is 1.37 bits per heavy atom. The average Bonchev–Trinajstić information content (AvgIpc) is 2.73. The summed E-state index contributed by atoms with van der Waals surface area (Å²) in [6, 6.07) is 6.36. The molecule has 0 aliphatic carbocycles. The minimum Gasteiger partial charge on any atom is -0.492 e. The Hall–Kier alpha value is -1.71. The summed E-state index contributed by atoms with van der Waals surface area (Å²) in [4.78, 5) is 4.48. The van der Waals surface area contributed by atoms with Gasteiger partial charge in [-0.3, -0.25) is 0 Å². The predicted molar refractivity (Wildman–Crippen MR) is 79.6 cm³/mol. The van der Waals surface area contributed by atoms with Gasteiger partial charge in [0.05, 0.1) is 12.1 Å². The maximum Gasteiger partial charge on any atom is 0.201 e. The molecular weight excluding hydrogens is 238 g/mol. The first-order chi connectivity index (χ1) is 9.19. The topological polar surface area (TPSA) is 53.1 Å². The van der Waals surface area contributed by atoms with Crippen LogP contribution in [0.1, 0.15) is 46.1 Å². The molecule has 4 heteroatoms. The summed E-state index contributed by atoms with van der Waals surface area (Å²) < 4.78 is 7.74. The second kappa shape index (κ2) is 5.95. The number of anilines is 1. The van der Waals surface area contributed by atoms with E-state index in [0.717, 1.165) is 23.2 Å². The molecule has 4 nitrogen and oxygen atoms in total. The number of hydrogen-bond donors (Lipinski definition) is 1. The third-order valence-corrected chi connectivity index (χ3v) is 3.43. The largest absolute Gasteiger partial charge is 0.492 e. The Morgan fingerprint density at radius 2 is 2.16 bits per heavy atom. The Morgan fingerprint density at radius 3 is 2.84 bits per heavy atom. The average molecular weight is 261 g/mol. The molecule has 1 atom stereocenters. The van der Waals surface area contributed by atoms with Crippen LogP contribution in [-0.2, 0) is 0 Å². The van der Waals surface area contributed by atoms with E-state index in [-0.39, 0.29) is 0 Å². The molecule has 0 spiro atoms. The fourth-order valence-electron chi connectivity index (χ4n) is 2.47. The van der Waals surface area contributed by atoms with E-state index in [1.807, 2.05) is 19.1 Å². The van der Waals surface area contributed by atoms with E-state index in [4.69, 9.17) is 10.5 Å². The number of aromatic nitrogens is 2. The molecule has 1 aromatic carbocycles. The number of ether oxygens (including phenoxy) is 1. The Labute approximate surface area is 114 Å². The summed E-state index contributed by atoms with van der Waals surface area (Å²) in [5.74, 6) is 1.39. The van der Waals surface area contributed by atoms with Crippen molar-refractivity contribution in [2.75, 3.05) is 12.3 Å². The highest BCUT2D eigenvalue weighted by atomic mass is 16.5. The van der Waals surface area contributed by atoms with Crippen LogP contribution in [0.25, 0.3) is 11.0 Å². The lowest BCUT2D eigenvalue weighted by Gasteiger charge is -2.15. The molecule has 0 fully saturated rings. The van der Waals surface area contributed by atoms with Gasteiger partial charge in [0.1, 0.15) is 11.3 Å². The molecule has 2 N–H and O–H groups in total. The quantitative estimate of drug-likeness (QED) is 0.861. The van der Waals surface area contributed by atoms with Crippen molar-refractivity contribution in [2.45, 2.75) is 46.1 Å². The van der Waals surface area contributed by atoms with Crippen molar-refractivity contribution >= 4 is 17.0 Å². The second-order valence-electron chi connectivity index (χ2n) is 4.89. The van der Waals surface area contributed by atoms with Gasteiger partial charge in [-0.1, -0.05) is 25.8 Å². The van der Waals surface area contributed by atoms with Crippen molar-refractivity contribution in [3.05, 3.63) is 18.2 Å². The summed E-state index contributed by atoms with van der Waals surface area (Å²) in [7, 11) is 0. The number of nitrogen functional groups attached to an aromatic ring is 1. The fourth-order valence-corrected chi connectivity index (χ4v) is 2.47. The van der Waals surface area contributed by atoms with Gasteiger partial charge in [-0.15, -0.1) is 0 Å². The monoisotopic (exact) mass is 261 g/mol. The Balaban J connectivity index is 2.44. The van der Waals surface area contributed by atoms with Crippen LogP contribution in [0.3, 0.4) is 0 Å². The molecule has 19 heavy (non-hydrogen) atoms. The van der Waals surface area contributed by atoms with Gasteiger partial charge in [0.2, 0.25) is 5.95 Å². The van der Waals surface area contributed by atoms with E-state index in [1.54, 1.807) is 0 Å². The van der Waals surface area contributed by atoms with Crippen molar-refractivity contribution in [1.82, 2.24) is 9.55 Å². The Kier molecular flexibility index (Phi) is 4.30. The molecule has 0 saturated carbocycles. The van der Waals surface area contributed by atoms with E-state index >= 15 is 0 Å². The van der Waals surface area contributed by atoms with Gasteiger partial charge in [0.15, 0.2) is 0 Å². The minimum atomic E-state index is 0.363. The zero-order valence-electron chi connectivity index (χ0n) is 12.0. The van der Waals surface area contributed by atoms with Crippen LogP contribution in [0, 0.1) is 0 Å². The number of imidazole rings is 1. The van der Waals surface area contributed by atoms with Crippen LogP contribution in [0.2, 0.25) is 0 Å². The molecule has 1 unspecified atom stereocenters. The molecule has 1 aromatic heterocycles. The maximum atomic E-state index is 6.09. The lowest BCUT2D eigenvalue weighted by molar-refractivity contribution is 0.343. The summed E-state index contributed by atoms with van der Waals surface area (Å²) in [6.45, 7) is 7.01. The smallest absolute Gasteiger partial charge is 0.201 e. The number of nitrogens with zero attached hydrogens (tertiary/aromatic N) is 2. The van der Waals surface area contributed by atoms with Crippen LogP contribution in [-0.4, -0.2) is 16.2 Å². The highest BCUT2D eigenvalue weighted by Gasteiger charge is 2.16. The SMILES string of the molecule is CCCCC(C)n1c(N)nc2c(OCC)cccc21. The standard InChI is InChI=1S/C15H23N3O/c1-4-6-8-11(3)18-12-9-7-10-13(19-5-2)14(12)17-15(18)16/h7,9-11H,4-6,8H2,1-3H3,(H2,16,17). The van der Waals surface area contributed by atoms with E-state index in [2.05, 4.69) is 29.5 Å². The number of fused-ring (bicyclic) bond motifs is 1. The van der Waals surface area contributed by atoms with Crippen molar-refractivity contribution in [3.63, 3.8) is 0 Å². The molecule has 2 aromatic rings. The van der Waals surface area contributed by atoms with Crippen LogP contribution < -0.4 is 10.5 Å². The Bertz CT molecular complexity index is 548. The van der Waals surface area contributed by atoms with Crippen molar-refractivity contribution in [2.24, 2.45) is 0 Å². The number of unbranched alkanes of at least 4 members (excludes halogenated alkanes) is 1. The third kappa shape index (κ3) is 2.67. The van der Waals surface area contributed by atoms with Crippen molar-refractivity contribution in [1.29, 1.82) is 0 Å². The van der Waals surface area contributed by atoms with Crippen LogP contribution in [0.4, 0.5) is 5.95 Å². The zero-order valence-corrected chi connectivity index (χ0v) is 12.0. The van der Waals surface area contributed by atoms with Crippen LogP contribution >= 0.6 is 0 Å². The first kappa shape index (κ1) is 13.7. The predicted octanol–water partition coefficient (Wildman–Crippen LogP) is 3.77. The van der Waals surface area contributed by atoms with Gasteiger partial charge in [-0.2, -0.15) is 0 Å². The molecular formula is C15H23N3O. The van der Waals surface area contributed by atoms with E-state index in [1.165, 1.54) is 12.8 Å². The molecule has 0 amide bonds. The molecule has 0 bridgehead atoms. The molecule has 104 valence electrons. The van der Waals surface area contributed by atoms with E-state index in [9.17, 15) is 0 Å². The highest BCUT2D eigenvalue weighted by molar-refractivity contribution is 5.84. The third-order valence-electron chi connectivity index (χ3n) is 3.43. The van der Waals surface area contributed by atoms with Crippen LogP contribution in [0.5, 0.6) is 5.75 Å². The molecule has 0 radical (unpaired) electrons. The lowest BCUT2D eigenvalue weighted by Crippen LogP contribution is -2.08. The lowest BCUT2D eigenvalue weighted by atomic mass is 10.1. The number of para-hydroxylation sites is 1. The summed E-state index contributed by atoms with van der Waals surface area (Å²) in [5, 5.41) is 0. The maximum absolute atomic E-state index is 6.09.